The molecule has 2 aromatic rings. The Labute approximate surface area is 184 Å². The number of hydrogen-bond acceptors (Lipinski definition) is 9. The number of thiophene rings is 1. The summed E-state index contributed by atoms with van der Waals surface area (Å²) < 4.78 is 10.7. The van der Waals surface area contributed by atoms with Crippen molar-refractivity contribution in [1.29, 1.82) is 0 Å². The molecule has 1 aromatic carbocycles. The Hall–Kier alpha value is -3.18. The highest BCUT2D eigenvalue weighted by atomic mass is 32.2. The molecule has 2 aliphatic rings. The Morgan fingerprint density at radius 3 is 2.61 bits per heavy atom. The van der Waals surface area contributed by atoms with Gasteiger partial charge in [-0.15, -0.1) is 11.8 Å². The lowest BCUT2D eigenvalue weighted by molar-refractivity contribution is -0.384. The summed E-state index contributed by atoms with van der Waals surface area (Å²) in [6.45, 7) is 1.21. The van der Waals surface area contributed by atoms with Crippen molar-refractivity contribution in [3.05, 3.63) is 73.4 Å². The number of thioether (sulfide) groups is 1. The van der Waals surface area contributed by atoms with Crippen LogP contribution in [0.5, 0.6) is 0 Å². The lowest BCUT2D eigenvalue weighted by Crippen LogP contribution is -2.59. The number of rotatable bonds is 7. The van der Waals surface area contributed by atoms with E-state index in [9.17, 15) is 24.5 Å². The zero-order valence-electron chi connectivity index (χ0n) is 16.1. The average molecular weight is 460 g/mol. The summed E-state index contributed by atoms with van der Waals surface area (Å²) in [5.74, 6) is -2.06. The van der Waals surface area contributed by atoms with Gasteiger partial charge in [-0.3, -0.25) is 24.6 Å². The number of benzene rings is 1. The first-order chi connectivity index (χ1) is 14.9. The fourth-order valence-electron chi connectivity index (χ4n) is 3.41. The van der Waals surface area contributed by atoms with Crippen LogP contribution in [0.2, 0.25) is 0 Å². The molecule has 3 unspecified atom stereocenters. The number of carbonyl (C=O) groups is 3. The summed E-state index contributed by atoms with van der Waals surface area (Å²) in [5, 5.41) is 15.6. The van der Waals surface area contributed by atoms with Crippen LogP contribution in [0.4, 0.5) is 5.69 Å². The molecule has 1 fully saturated rings. The zero-order valence-corrected chi connectivity index (χ0v) is 17.8. The van der Waals surface area contributed by atoms with E-state index in [1.54, 1.807) is 11.5 Å². The number of esters is 2. The third kappa shape index (κ3) is 4.06. The van der Waals surface area contributed by atoms with E-state index in [-0.39, 0.29) is 29.3 Å². The number of ether oxygens (including phenoxy) is 2. The van der Waals surface area contributed by atoms with Crippen LogP contribution in [-0.2, 0) is 30.5 Å². The van der Waals surface area contributed by atoms with E-state index in [1.165, 1.54) is 59.2 Å². The molecular weight excluding hydrogens is 444 g/mol. The zero-order chi connectivity index (χ0) is 22.1. The van der Waals surface area contributed by atoms with Gasteiger partial charge >= 0.3 is 11.9 Å². The van der Waals surface area contributed by atoms with Gasteiger partial charge in [-0.2, -0.15) is 11.3 Å². The smallest absolute Gasteiger partial charge is 0.355 e. The van der Waals surface area contributed by atoms with E-state index in [1.807, 2.05) is 10.8 Å². The molecule has 11 heteroatoms. The average Bonchev–Trinajstić information content (AvgIpc) is 3.39. The van der Waals surface area contributed by atoms with E-state index < -0.39 is 28.9 Å². The van der Waals surface area contributed by atoms with Crippen LogP contribution >= 0.6 is 23.1 Å². The minimum atomic E-state index is -0.714. The summed E-state index contributed by atoms with van der Waals surface area (Å²) in [6, 6.07) is 7.46. The third-order valence-electron chi connectivity index (χ3n) is 4.88. The first-order valence-electron chi connectivity index (χ1n) is 9.15. The van der Waals surface area contributed by atoms with Gasteiger partial charge in [0.05, 0.1) is 4.92 Å². The molecule has 3 atom stereocenters. The molecule has 9 nitrogen and oxygen atoms in total. The molecule has 0 N–H and O–H groups in total. The van der Waals surface area contributed by atoms with E-state index >= 15 is 0 Å². The van der Waals surface area contributed by atoms with E-state index in [2.05, 4.69) is 0 Å². The molecule has 31 heavy (non-hydrogen) atoms. The maximum Gasteiger partial charge on any atom is 0.355 e. The maximum atomic E-state index is 12.9. The third-order valence-corrected chi connectivity index (χ3v) is 6.72. The van der Waals surface area contributed by atoms with Crippen molar-refractivity contribution in [1.82, 2.24) is 4.90 Å². The van der Waals surface area contributed by atoms with Gasteiger partial charge in [0.1, 0.15) is 29.7 Å². The summed E-state index contributed by atoms with van der Waals surface area (Å²) >= 11 is 2.74. The van der Waals surface area contributed by atoms with Gasteiger partial charge in [0.15, 0.2) is 0 Å². The van der Waals surface area contributed by atoms with Gasteiger partial charge in [-0.1, -0.05) is 0 Å². The minimum absolute atomic E-state index is 0.0574. The van der Waals surface area contributed by atoms with Crippen LogP contribution in [0.15, 0.2) is 52.2 Å². The van der Waals surface area contributed by atoms with E-state index in [0.717, 1.165) is 5.56 Å². The predicted molar refractivity (Wildman–Crippen MR) is 112 cm³/mol. The molecule has 2 aliphatic heterocycles. The minimum Gasteiger partial charge on any atom is -0.457 e. The Kier molecular flexibility index (Phi) is 5.79. The second kappa shape index (κ2) is 8.52. The van der Waals surface area contributed by atoms with Crippen LogP contribution in [0.3, 0.4) is 0 Å². The Balaban J connectivity index is 1.40. The molecule has 3 heterocycles. The second-order valence-corrected chi connectivity index (χ2v) is 8.62. The van der Waals surface area contributed by atoms with Crippen molar-refractivity contribution in [2.24, 2.45) is 5.92 Å². The molecule has 1 aromatic heterocycles. The molecule has 0 radical (unpaired) electrons. The van der Waals surface area contributed by atoms with E-state index in [0.29, 0.717) is 5.56 Å². The number of non-ortho nitro benzene ring substituents is 1. The summed E-state index contributed by atoms with van der Waals surface area (Å²) in [5.41, 5.74) is 1.40. The molecule has 0 bridgehead atoms. The predicted octanol–water partition coefficient (Wildman–Crippen LogP) is 3.38. The van der Waals surface area contributed by atoms with Gasteiger partial charge < -0.3 is 9.47 Å². The topological polar surface area (TPSA) is 116 Å². The van der Waals surface area contributed by atoms with Crippen molar-refractivity contribution in [2.75, 3.05) is 0 Å². The molecule has 160 valence electrons. The molecule has 0 aliphatic carbocycles. The molecule has 4 rings (SSSR count). The Bertz CT molecular complexity index is 1070. The van der Waals surface area contributed by atoms with Gasteiger partial charge in [0.2, 0.25) is 5.91 Å². The number of carbonyl (C=O) groups excluding carboxylic acids is 3. The highest BCUT2D eigenvalue weighted by Gasteiger charge is 2.58. The number of β-lactam (4-membered cyclic amide) rings is 1. The number of amides is 1. The number of fused-ring (bicyclic) bond motifs is 1. The first kappa shape index (κ1) is 21.1. The molecule has 0 saturated carbocycles. The van der Waals surface area contributed by atoms with Crippen LogP contribution in [0.1, 0.15) is 24.2 Å². The van der Waals surface area contributed by atoms with Crippen LogP contribution in [0.25, 0.3) is 0 Å². The second-order valence-electron chi connectivity index (χ2n) is 6.85. The van der Waals surface area contributed by atoms with Gasteiger partial charge in [-0.05, 0) is 34.5 Å². The fraction of sp³-hybridized carbons (Fsp3) is 0.250. The van der Waals surface area contributed by atoms with Crippen molar-refractivity contribution >= 4 is 46.6 Å². The lowest BCUT2D eigenvalue weighted by atomic mass is 9.88. The number of nitrogens with zero attached hydrogens (tertiary/aromatic N) is 2. The maximum absolute atomic E-state index is 12.9. The molecule has 1 saturated heterocycles. The van der Waals surface area contributed by atoms with Crippen LogP contribution < -0.4 is 0 Å². The number of hydrogen-bond donors (Lipinski definition) is 0. The standard InChI is InChI=1S/C20H16N2O7S2/c1-11(23)29-17(13-6-7-30-9-13)16-18(24)21-15(10-31-19(16)21)20(25)28-8-12-2-4-14(5-3-12)22(26)27/h2-7,9-10,16-17,19H,8H2,1H3. The SMILES string of the molecule is CC(=O)OC(c1ccsc1)C1C(=O)N2C(C(=O)OCc3ccc([N+](=O)[O-])cc3)=CSC12. The summed E-state index contributed by atoms with van der Waals surface area (Å²) in [7, 11) is 0. The fourth-order valence-corrected chi connectivity index (χ4v) is 5.34. The molecular formula is C20H16N2O7S2. The highest BCUT2D eigenvalue weighted by molar-refractivity contribution is 8.03. The van der Waals surface area contributed by atoms with E-state index in [4.69, 9.17) is 9.47 Å². The van der Waals surface area contributed by atoms with Gasteiger partial charge in [-0.25, -0.2) is 4.79 Å². The molecule has 1 amide bonds. The highest BCUT2D eigenvalue weighted by Crippen LogP contribution is 2.50. The lowest BCUT2D eigenvalue weighted by Gasteiger charge is -2.45. The Morgan fingerprint density at radius 1 is 1.26 bits per heavy atom. The largest absolute Gasteiger partial charge is 0.457 e. The number of nitro groups is 1. The van der Waals surface area contributed by atoms with Crippen molar-refractivity contribution in [3.8, 4) is 0 Å². The quantitative estimate of drug-likeness (QED) is 0.267. The summed E-state index contributed by atoms with van der Waals surface area (Å²) in [6.07, 6.45) is -0.714. The normalized spacial score (nSPS) is 20.4. The van der Waals surface area contributed by atoms with Crippen LogP contribution in [-0.4, -0.2) is 33.0 Å². The summed E-state index contributed by atoms with van der Waals surface area (Å²) in [4.78, 5) is 48.5. The molecule has 0 spiro atoms. The monoisotopic (exact) mass is 460 g/mol. The first-order valence-corrected chi connectivity index (χ1v) is 11.0. The van der Waals surface area contributed by atoms with Gasteiger partial charge in [0, 0.05) is 30.0 Å². The Morgan fingerprint density at radius 2 is 2.00 bits per heavy atom. The van der Waals surface area contributed by atoms with Crippen molar-refractivity contribution in [3.63, 3.8) is 0 Å². The van der Waals surface area contributed by atoms with Crippen LogP contribution in [0, 0.1) is 16.0 Å². The van der Waals surface area contributed by atoms with Gasteiger partial charge in [0.25, 0.3) is 5.69 Å². The number of nitro benzene ring substituents is 1. The van der Waals surface area contributed by atoms with Crippen molar-refractivity contribution in [2.45, 2.75) is 25.0 Å². The van der Waals surface area contributed by atoms with Crippen molar-refractivity contribution < 1.29 is 28.8 Å².